The van der Waals surface area contributed by atoms with Gasteiger partial charge in [-0.15, -0.1) is 0 Å². The molecule has 0 atom stereocenters. The van der Waals surface area contributed by atoms with Crippen molar-refractivity contribution >= 4 is 36.1 Å². The lowest BCUT2D eigenvalue weighted by atomic mass is 10.2. The van der Waals surface area contributed by atoms with Crippen LogP contribution in [-0.4, -0.2) is 56.3 Å². The summed E-state index contributed by atoms with van der Waals surface area (Å²) in [6.07, 6.45) is 2.45. The SMILES string of the molecule is CCCCC(=O)N(C(=O)/C=C\C(=O)O)N(C=O)C(=O)/C=C\C(=O)O. The minimum absolute atomic E-state index is 0.0754. The number of nitrogens with zero attached hydrogens (tertiary/aromatic N) is 2. The van der Waals surface area contributed by atoms with Gasteiger partial charge in [-0.3, -0.25) is 19.2 Å². The maximum Gasteiger partial charge on any atom is 0.328 e. The Balaban J connectivity index is 5.61. The summed E-state index contributed by atoms with van der Waals surface area (Å²) in [6, 6.07) is 0. The molecular formula is C14H16N2O8. The van der Waals surface area contributed by atoms with Crippen LogP contribution in [0.3, 0.4) is 0 Å². The number of carbonyl (C=O) groups is 6. The summed E-state index contributed by atoms with van der Waals surface area (Å²) in [7, 11) is 0. The van der Waals surface area contributed by atoms with Crippen LogP contribution in [0.2, 0.25) is 0 Å². The largest absolute Gasteiger partial charge is 0.478 e. The molecule has 0 aromatic heterocycles. The summed E-state index contributed by atoms with van der Waals surface area (Å²) in [5.41, 5.74) is 0. The summed E-state index contributed by atoms with van der Waals surface area (Å²) >= 11 is 0. The molecule has 130 valence electrons. The van der Waals surface area contributed by atoms with Gasteiger partial charge in [-0.1, -0.05) is 13.3 Å². The number of hydrazine groups is 1. The summed E-state index contributed by atoms with van der Waals surface area (Å²) in [4.78, 5) is 67.8. The van der Waals surface area contributed by atoms with Crippen LogP contribution in [0.25, 0.3) is 0 Å². The highest BCUT2D eigenvalue weighted by Crippen LogP contribution is 2.07. The predicted octanol–water partition coefficient (Wildman–Crippen LogP) is -0.287. The van der Waals surface area contributed by atoms with Crippen molar-refractivity contribution in [1.82, 2.24) is 10.0 Å². The molecule has 0 saturated heterocycles. The number of hydrogen-bond acceptors (Lipinski definition) is 6. The molecule has 0 aromatic rings. The molecule has 2 N–H and O–H groups in total. The van der Waals surface area contributed by atoms with Crippen LogP contribution in [0.1, 0.15) is 26.2 Å². The summed E-state index contributed by atoms with van der Waals surface area (Å²) < 4.78 is 0. The van der Waals surface area contributed by atoms with Crippen LogP contribution in [0, 0.1) is 0 Å². The standard InChI is InChI=1S/C14H16N2O8/c1-2-3-4-11(19)16(12(20)6-8-14(23)24)15(9-17)10(18)5-7-13(21)22/h5-9H,2-4H2,1H3,(H,21,22)(H,23,24)/b7-5-,8-6-. The third kappa shape index (κ3) is 7.11. The first-order valence-electron chi connectivity index (χ1n) is 6.71. The lowest BCUT2D eigenvalue weighted by Gasteiger charge is -2.26. The fourth-order valence-corrected chi connectivity index (χ4v) is 1.41. The molecule has 0 aliphatic carbocycles. The number of imide groups is 2. The molecule has 0 bridgehead atoms. The number of carboxylic acid groups (broad SMARTS) is 2. The number of aliphatic carboxylic acids is 2. The zero-order valence-corrected chi connectivity index (χ0v) is 12.7. The van der Waals surface area contributed by atoms with Gasteiger partial charge in [-0.25, -0.2) is 9.59 Å². The van der Waals surface area contributed by atoms with E-state index in [0.717, 1.165) is 0 Å². The molecule has 0 fully saturated rings. The first-order chi connectivity index (χ1) is 11.2. The van der Waals surface area contributed by atoms with Gasteiger partial charge in [0, 0.05) is 30.7 Å². The van der Waals surface area contributed by atoms with E-state index in [1.165, 1.54) is 0 Å². The number of amides is 4. The van der Waals surface area contributed by atoms with Gasteiger partial charge >= 0.3 is 11.9 Å². The van der Waals surface area contributed by atoms with Crippen molar-refractivity contribution in [2.45, 2.75) is 26.2 Å². The van der Waals surface area contributed by atoms with Crippen molar-refractivity contribution in [1.29, 1.82) is 0 Å². The maximum absolute atomic E-state index is 12.1. The third-order valence-electron chi connectivity index (χ3n) is 2.47. The van der Waals surface area contributed by atoms with Crippen LogP contribution in [-0.2, 0) is 28.8 Å². The Kier molecular flexibility index (Phi) is 9.00. The van der Waals surface area contributed by atoms with Gasteiger partial charge in [-0.2, -0.15) is 10.0 Å². The quantitative estimate of drug-likeness (QED) is 0.348. The maximum atomic E-state index is 12.1. The normalized spacial score (nSPS) is 10.5. The summed E-state index contributed by atoms with van der Waals surface area (Å²) in [5, 5.41) is 17.2. The van der Waals surface area contributed by atoms with Crippen LogP contribution < -0.4 is 0 Å². The lowest BCUT2D eigenvalue weighted by molar-refractivity contribution is -0.171. The van der Waals surface area contributed by atoms with Crippen molar-refractivity contribution in [2.24, 2.45) is 0 Å². The highest BCUT2D eigenvalue weighted by atomic mass is 16.4. The Bertz CT molecular complexity index is 594. The zero-order valence-electron chi connectivity index (χ0n) is 12.7. The van der Waals surface area contributed by atoms with Crippen molar-refractivity contribution in [3.05, 3.63) is 24.3 Å². The van der Waals surface area contributed by atoms with E-state index in [1.807, 2.05) is 0 Å². The van der Waals surface area contributed by atoms with E-state index in [1.54, 1.807) is 6.92 Å². The van der Waals surface area contributed by atoms with Crippen molar-refractivity contribution in [3.63, 3.8) is 0 Å². The molecule has 4 amide bonds. The Hall–Kier alpha value is -3.30. The Morgan fingerprint density at radius 3 is 1.79 bits per heavy atom. The number of carbonyl (C=O) groups excluding carboxylic acids is 4. The van der Waals surface area contributed by atoms with Crippen molar-refractivity contribution in [2.75, 3.05) is 0 Å². The Labute approximate surface area is 136 Å². The fourth-order valence-electron chi connectivity index (χ4n) is 1.41. The molecule has 10 heteroatoms. The smallest absolute Gasteiger partial charge is 0.328 e. The van der Waals surface area contributed by atoms with Gasteiger partial charge in [0.2, 0.25) is 12.3 Å². The number of unbranched alkanes of at least 4 members (excludes halogenated alkanes) is 1. The molecular weight excluding hydrogens is 324 g/mol. The molecule has 10 nitrogen and oxygen atoms in total. The van der Waals surface area contributed by atoms with Gasteiger partial charge in [-0.05, 0) is 6.42 Å². The van der Waals surface area contributed by atoms with Crippen molar-refractivity contribution < 1.29 is 39.0 Å². The van der Waals surface area contributed by atoms with Gasteiger partial charge in [0.05, 0.1) is 0 Å². The Morgan fingerprint density at radius 2 is 1.38 bits per heavy atom. The minimum atomic E-state index is -1.48. The van der Waals surface area contributed by atoms with Gasteiger partial charge in [0.15, 0.2) is 0 Å². The molecule has 0 spiro atoms. The van der Waals surface area contributed by atoms with E-state index < -0.39 is 29.7 Å². The van der Waals surface area contributed by atoms with E-state index in [2.05, 4.69) is 0 Å². The van der Waals surface area contributed by atoms with Gasteiger partial charge in [0.1, 0.15) is 0 Å². The monoisotopic (exact) mass is 340 g/mol. The molecule has 0 rings (SSSR count). The van der Waals surface area contributed by atoms with Crippen LogP contribution >= 0.6 is 0 Å². The molecule has 0 heterocycles. The number of rotatable bonds is 8. The fraction of sp³-hybridized carbons (Fsp3) is 0.286. The second-order valence-corrected chi connectivity index (χ2v) is 4.28. The zero-order chi connectivity index (χ0) is 18.7. The molecule has 0 saturated carbocycles. The second-order valence-electron chi connectivity index (χ2n) is 4.28. The van der Waals surface area contributed by atoms with E-state index in [4.69, 9.17) is 10.2 Å². The highest BCUT2D eigenvalue weighted by molar-refractivity contribution is 6.08. The van der Waals surface area contributed by atoms with Crippen LogP contribution in [0.5, 0.6) is 0 Å². The first kappa shape index (κ1) is 20.7. The minimum Gasteiger partial charge on any atom is -0.478 e. The van der Waals surface area contributed by atoms with Gasteiger partial charge < -0.3 is 10.2 Å². The topological polar surface area (TPSA) is 149 Å². The second kappa shape index (κ2) is 10.4. The predicted molar refractivity (Wildman–Crippen MR) is 77.8 cm³/mol. The van der Waals surface area contributed by atoms with Crippen molar-refractivity contribution in [3.8, 4) is 0 Å². The average molecular weight is 340 g/mol. The molecule has 0 unspecified atom stereocenters. The van der Waals surface area contributed by atoms with E-state index in [-0.39, 0.29) is 22.8 Å². The highest BCUT2D eigenvalue weighted by Gasteiger charge is 2.29. The first-order valence-corrected chi connectivity index (χ1v) is 6.71. The lowest BCUT2D eigenvalue weighted by Crippen LogP contribution is -2.51. The number of hydrogen-bond donors (Lipinski definition) is 2. The summed E-state index contributed by atoms with van der Waals surface area (Å²) in [6.45, 7) is 1.77. The third-order valence-corrected chi connectivity index (χ3v) is 2.47. The molecule has 24 heavy (non-hydrogen) atoms. The van der Waals surface area contributed by atoms with Crippen LogP contribution in [0.4, 0.5) is 0 Å². The van der Waals surface area contributed by atoms with E-state index >= 15 is 0 Å². The van der Waals surface area contributed by atoms with Crippen LogP contribution in [0.15, 0.2) is 24.3 Å². The molecule has 0 aliphatic rings. The molecule has 0 aromatic carbocycles. The summed E-state index contributed by atoms with van der Waals surface area (Å²) in [5.74, 6) is -6.35. The molecule has 0 aliphatic heterocycles. The Morgan fingerprint density at radius 1 is 0.875 bits per heavy atom. The van der Waals surface area contributed by atoms with E-state index in [0.29, 0.717) is 37.1 Å². The number of carboxylic acids is 2. The van der Waals surface area contributed by atoms with Gasteiger partial charge in [0.25, 0.3) is 11.8 Å². The average Bonchev–Trinajstić information content (AvgIpc) is 2.52. The van der Waals surface area contributed by atoms with E-state index in [9.17, 15) is 28.8 Å². The molecule has 0 radical (unpaired) electrons.